The topological polar surface area (TPSA) is 46.3 Å². The van der Waals surface area contributed by atoms with E-state index >= 15 is 0 Å². The molecule has 2 aromatic carbocycles. The minimum absolute atomic E-state index is 0.00145. The highest BCUT2D eigenvalue weighted by molar-refractivity contribution is 5.81. The quantitative estimate of drug-likeness (QED) is 0.884. The number of nitrogens with zero attached hydrogens (tertiary/aromatic N) is 1. The van der Waals surface area contributed by atoms with Crippen LogP contribution in [0.25, 0.3) is 11.1 Å². The molecule has 0 unspecified atom stereocenters. The van der Waals surface area contributed by atoms with E-state index < -0.39 is 6.04 Å². The van der Waals surface area contributed by atoms with E-state index in [1.165, 1.54) is 0 Å². The molecule has 3 nitrogen and oxygen atoms in total. The number of carbonyl (C=O) groups excluding carboxylic acids is 1. The summed E-state index contributed by atoms with van der Waals surface area (Å²) in [6.07, 6.45) is 0.712. The number of nitrogens with two attached hydrogens (primary N) is 1. The molecule has 2 N–H and O–H groups in total. The zero-order valence-electron chi connectivity index (χ0n) is 14.2. The molecule has 0 bridgehead atoms. The van der Waals surface area contributed by atoms with Crippen LogP contribution in [0.4, 0.5) is 0 Å². The number of hydrogen-bond donors (Lipinski definition) is 1. The molecule has 0 aliphatic rings. The van der Waals surface area contributed by atoms with Crippen LogP contribution in [-0.2, 0) is 11.3 Å². The summed E-state index contributed by atoms with van der Waals surface area (Å²) in [5, 5.41) is 0. The molecule has 0 fully saturated rings. The highest BCUT2D eigenvalue weighted by Crippen LogP contribution is 2.24. The summed E-state index contributed by atoms with van der Waals surface area (Å²) in [6, 6.07) is 18.0. The Balaban J connectivity index is 2.16. The average Bonchev–Trinajstić information content (AvgIpc) is 2.54. The number of carbonyl (C=O) groups is 1. The van der Waals surface area contributed by atoms with E-state index in [4.69, 9.17) is 5.73 Å². The Morgan fingerprint density at radius 1 is 1.04 bits per heavy atom. The molecule has 0 aromatic heterocycles. The lowest BCUT2D eigenvalue weighted by molar-refractivity contribution is -0.132. The molecule has 0 heterocycles. The molecule has 0 aliphatic carbocycles. The van der Waals surface area contributed by atoms with Crippen LogP contribution in [0.1, 0.15) is 25.8 Å². The van der Waals surface area contributed by atoms with E-state index in [-0.39, 0.29) is 5.91 Å². The average molecular weight is 310 g/mol. The van der Waals surface area contributed by atoms with Gasteiger partial charge in [0.1, 0.15) is 0 Å². The molecule has 0 spiro atoms. The molecule has 0 aliphatic heterocycles. The summed E-state index contributed by atoms with van der Waals surface area (Å²) in [6.45, 7) is 4.73. The van der Waals surface area contributed by atoms with Crippen molar-refractivity contribution in [3.63, 3.8) is 0 Å². The van der Waals surface area contributed by atoms with Gasteiger partial charge in [-0.2, -0.15) is 0 Å². The second kappa shape index (κ2) is 7.93. The molecule has 0 radical (unpaired) electrons. The highest BCUT2D eigenvalue weighted by atomic mass is 16.2. The minimum atomic E-state index is -0.427. The van der Waals surface area contributed by atoms with Crippen molar-refractivity contribution < 1.29 is 4.79 Å². The fourth-order valence-electron chi connectivity index (χ4n) is 2.78. The largest absolute Gasteiger partial charge is 0.340 e. The standard InChI is InChI=1S/C20H26N2O/c1-15(2)13-19(21)20(23)22(3)14-17-11-7-8-12-18(17)16-9-5-4-6-10-16/h4-12,15,19H,13-14,21H2,1-3H3/t19-/m0/s1. The first-order valence-corrected chi connectivity index (χ1v) is 8.13. The van der Waals surface area contributed by atoms with E-state index in [1.54, 1.807) is 4.90 Å². The summed E-state index contributed by atoms with van der Waals surface area (Å²) in [5.74, 6) is 0.417. The predicted molar refractivity (Wildman–Crippen MR) is 95.8 cm³/mol. The monoisotopic (exact) mass is 310 g/mol. The molecule has 122 valence electrons. The lowest BCUT2D eigenvalue weighted by Gasteiger charge is -2.23. The van der Waals surface area contributed by atoms with Crippen LogP contribution in [-0.4, -0.2) is 23.9 Å². The van der Waals surface area contributed by atoms with Gasteiger partial charge in [-0.1, -0.05) is 68.4 Å². The van der Waals surface area contributed by atoms with Crippen LogP contribution in [0.3, 0.4) is 0 Å². The van der Waals surface area contributed by atoms with Crippen molar-refractivity contribution in [2.24, 2.45) is 11.7 Å². The van der Waals surface area contributed by atoms with Crippen LogP contribution in [0, 0.1) is 5.92 Å². The third-order valence-electron chi connectivity index (χ3n) is 3.93. The fourth-order valence-corrected chi connectivity index (χ4v) is 2.78. The molecular formula is C20H26N2O. The Bertz CT molecular complexity index is 637. The third kappa shape index (κ3) is 4.67. The van der Waals surface area contributed by atoms with Crippen LogP contribution in [0.2, 0.25) is 0 Å². The van der Waals surface area contributed by atoms with Crippen molar-refractivity contribution in [2.45, 2.75) is 32.9 Å². The first kappa shape index (κ1) is 17.2. The Hall–Kier alpha value is -2.13. The summed E-state index contributed by atoms with van der Waals surface area (Å²) >= 11 is 0. The Morgan fingerprint density at radius 3 is 2.30 bits per heavy atom. The molecule has 23 heavy (non-hydrogen) atoms. The summed E-state index contributed by atoms with van der Waals surface area (Å²) in [5.41, 5.74) is 9.48. The Kier molecular flexibility index (Phi) is 5.94. The van der Waals surface area contributed by atoms with Crippen molar-refractivity contribution in [3.05, 3.63) is 60.2 Å². The van der Waals surface area contributed by atoms with Gasteiger partial charge >= 0.3 is 0 Å². The van der Waals surface area contributed by atoms with Gasteiger partial charge in [-0.05, 0) is 29.0 Å². The van der Waals surface area contributed by atoms with E-state index in [2.05, 4.69) is 38.1 Å². The summed E-state index contributed by atoms with van der Waals surface area (Å²) in [7, 11) is 1.82. The van der Waals surface area contributed by atoms with Crippen LogP contribution < -0.4 is 5.73 Å². The normalized spacial score (nSPS) is 12.2. The maximum Gasteiger partial charge on any atom is 0.239 e. The van der Waals surface area contributed by atoms with Crippen molar-refractivity contribution in [3.8, 4) is 11.1 Å². The lowest BCUT2D eigenvalue weighted by Crippen LogP contribution is -2.42. The zero-order valence-corrected chi connectivity index (χ0v) is 14.2. The van der Waals surface area contributed by atoms with Crippen LogP contribution >= 0.6 is 0 Å². The van der Waals surface area contributed by atoms with E-state index in [0.29, 0.717) is 18.9 Å². The second-order valence-corrected chi connectivity index (χ2v) is 6.45. The molecule has 2 rings (SSSR count). The van der Waals surface area contributed by atoms with Gasteiger partial charge in [0.05, 0.1) is 6.04 Å². The van der Waals surface area contributed by atoms with Gasteiger partial charge in [-0.3, -0.25) is 4.79 Å². The van der Waals surface area contributed by atoms with Gasteiger partial charge in [0.15, 0.2) is 0 Å². The van der Waals surface area contributed by atoms with E-state index in [0.717, 1.165) is 16.7 Å². The second-order valence-electron chi connectivity index (χ2n) is 6.45. The predicted octanol–water partition coefficient (Wildman–Crippen LogP) is 3.69. The Labute approximate surface area is 139 Å². The first-order valence-electron chi connectivity index (χ1n) is 8.13. The van der Waals surface area contributed by atoms with Gasteiger partial charge in [-0.15, -0.1) is 0 Å². The number of amides is 1. The molecule has 0 saturated heterocycles. The Morgan fingerprint density at radius 2 is 1.65 bits per heavy atom. The zero-order chi connectivity index (χ0) is 16.8. The number of benzene rings is 2. The van der Waals surface area contributed by atoms with Crippen molar-refractivity contribution in [1.29, 1.82) is 0 Å². The van der Waals surface area contributed by atoms with Crippen LogP contribution in [0.5, 0.6) is 0 Å². The minimum Gasteiger partial charge on any atom is -0.340 e. The number of hydrogen-bond acceptors (Lipinski definition) is 2. The van der Waals surface area contributed by atoms with E-state index in [9.17, 15) is 4.79 Å². The third-order valence-corrected chi connectivity index (χ3v) is 3.93. The van der Waals surface area contributed by atoms with Crippen LogP contribution in [0.15, 0.2) is 54.6 Å². The highest BCUT2D eigenvalue weighted by Gasteiger charge is 2.20. The van der Waals surface area contributed by atoms with Crippen molar-refractivity contribution in [1.82, 2.24) is 4.90 Å². The fraction of sp³-hybridized carbons (Fsp3) is 0.350. The molecule has 2 aromatic rings. The van der Waals surface area contributed by atoms with Gasteiger partial charge in [-0.25, -0.2) is 0 Å². The van der Waals surface area contributed by atoms with E-state index in [1.807, 2.05) is 37.4 Å². The van der Waals surface area contributed by atoms with Gasteiger partial charge in [0, 0.05) is 13.6 Å². The van der Waals surface area contributed by atoms with Crippen molar-refractivity contribution >= 4 is 5.91 Å². The molecular weight excluding hydrogens is 284 g/mol. The maximum absolute atomic E-state index is 12.4. The molecule has 0 saturated carbocycles. The summed E-state index contributed by atoms with van der Waals surface area (Å²) < 4.78 is 0. The first-order chi connectivity index (χ1) is 11.0. The van der Waals surface area contributed by atoms with Crippen molar-refractivity contribution in [2.75, 3.05) is 7.05 Å². The van der Waals surface area contributed by atoms with Gasteiger partial charge in [0.2, 0.25) is 5.91 Å². The number of likely N-dealkylation sites (N-methyl/N-ethyl adjacent to an activating group) is 1. The SMILES string of the molecule is CC(C)C[C@H](N)C(=O)N(C)Cc1ccccc1-c1ccccc1. The lowest BCUT2D eigenvalue weighted by atomic mass is 9.99. The molecule has 1 amide bonds. The van der Waals surface area contributed by atoms with Gasteiger partial charge < -0.3 is 10.6 Å². The maximum atomic E-state index is 12.4. The molecule has 3 heteroatoms. The van der Waals surface area contributed by atoms with Gasteiger partial charge in [0.25, 0.3) is 0 Å². The summed E-state index contributed by atoms with van der Waals surface area (Å²) in [4.78, 5) is 14.2. The number of rotatable bonds is 6. The molecule has 1 atom stereocenters. The smallest absolute Gasteiger partial charge is 0.239 e.